The Kier molecular flexibility index (Phi) is 6.25. The molecule has 0 heterocycles. The van der Waals surface area contributed by atoms with E-state index in [1.54, 1.807) is 48.5 Å². The van der Waals surface area contributed by atoms with Gasteiger partial charge in [0.15, 0.2) is 11.9 Å². The molecule has 1 atom stereocenters. The van der Waals surface area contributed by atoms with Crippen LogP contribution in [0, 0.1) is 0 Å². The minimum Gasteiger partial charge on any atom is -0.453 e. The number of anilines is 1. The van der Waals surface area contributed by atoms with E-state index in [0.29, 0.717) is 11.3 Å². The van der Waals surface area contributed by atoms with Crippen LogP contribution in [-0.2, 0) is 14.3 Å². The van der Waals surface area contributed by atoms with Gasteiger partial charge in [-0.05, 0) is 19.1 Å². The Labute approximate surface area is 140 Å². The molecule has 0 aliphatic heterocycles. The number of ketones is 1. The van der Waals surface area contributed by atoms with Crippen molar-refractivity contribution in [3.05, 3.63) is 66.2 Å². The lowest BCUT2D eigenvalue weighted by molar-refractivity contribution is -0.153. The molecule has 2 aromatic rings. The standard InChI is InChI=1S/C19H19NO4/c1-14(19(23)20-16-10-6-3-7-11-16)24-18(22)13-12-17(21)15-8-4-2-5-9-15/h2-11,14H,12-13H2,1H3,(H,20,23). The van der Waals surface area contributed by atoms with Crippen LogP contribution in [0.25, 0.3) is 0 Å². The van der Waals surface area contributed by atoms with Crippen molar-refractivity contribution >= 4 is 23.3 Å². The lowest BCUT2D eigenvalue weighted by atomic mass is 10.1. The summed E-state index contributed by atoms with van der Waals surface area (Å²) >= 11 is 0. The Hall–Kier alpha value is -2.95. The van der Waals surface area contributed by atoms with Gasteiger partial charge in [0, 0.05) is 17.7 Å². The Morgan fingerprint density at radius 3 is 2.12 bits per heavy atom. The van der Waals surface area contributed by atoms with Crippen molar-refractivity contribution in [2.45, 2.75) is 25.9 Å². The quantitative estimate of drug-likeness (QED) is 0.626. The molecule has 1 N–H and O–H groups in total. The summed E-state index contributed by atoms with van der Waals surface area (Å²) in [5, 5.41) is 2.65. The molecule has 5 nitrogen and oxygen atoms in total. The molecule has 0 radical (unpaired) electrons. The first-order valence-electron chi connectivity index (χ1n) is 7.70. The first kappa shape index (κ1) is 17.4. The number of rotatable bonds is 7. The molecule has 2 rings (SSSR count). The molecule has 1 unspecified atom stereocenters. The van der Waals surface area contributed by atoms with Crippen LogP contribution in [0.15, 0.2) is 60.7 Å². The van der Waals surface area contributed by atoms with E-state index in [4.69, 9.17) is 4.74 Å². The molecule has 0 aliphatic carbocycles. The predicted octanol–water partition coefficient (Wildman–Crippen LogP) is 3.22. The van der Waals surface area contributed by atoms with Crippen molar-refractivity contribution in [3.8, 4) is 0 Å². The van der Waals surface area contributed by atoms with Crippen LogP contribution >= 0.6 is 0 Å². The number of carbonyl (C=O) groups excluding carboxylic acids is 3. The highest BCUT2D eigenvalue weighted by atomic mass is 16.5. The molecule has 0 bridgehead atoms. The predicted molar refractivity (Wildman–Crippen MR) is 90.6 cm³/mol. The smallest absolute Gasteiger partial charge is 0.307 e. The maximum Gasteiger partial charge on any atom is 0.307 e. The largest absolute Gasteiger partial charge is 0.453 e. The fourth-order valence-electron chi connectivity index (χ4n) is 2.06. The van der Waals surface area contributed by atoms with Gasteiger partial charge in [0.2, 0.25) is 0 Å². The molecule has 0 spiro atoms. The van der Waals surface area contributed by atoms with Gasteiger partial charge in [-0.15, -0.1) is 0 Å². The molecule has 0 aromatic heterocycles. The summed E-state index contributed by atoms with van der Waals surface area (Å²) in [7, 11) is 0. The summed E-state index contributed by atoms with van der Waals surface area (Å²) in [6.45, 7) is 1.50. The summed E-state index contributed by atoms with van der Waals surface area (Å²) in [6.07, 6.45) is -0.934. The minimum absolute atomic E-state index is 0.0515. The topological polar surface area (TPSA) is 72.5 Å². The molecular weight excluding hydrogens is 306 g/mol. The van der Waals surface area contributed by atoms with Gasteiger partial charge in [0.25, 0.3) is 5.91 Å². The summed E-state index contributed by atoms with van der Waals surface area (Å²) in [5.41, 5.74) is 1.19. The van der Waals surface area contributed by atoms with Crippen molar-refractivity contribution in [1.29, 1.82) is 0 Å². The third-order valence-corrected chi connectivity index (χ3v) is 3.37. The summed E-state index contributed by atoms with van der Waals surface area (Å²) < 4.78 is 5.07. The van der Waals surface area contributed by atoms with Gasteiger partial charge in [-0.25, -0.2) is 0 Å². The average molecular weight is 325 g/mol. The molecule has 0 saturated heterocycles. The van der Waals surface area contributed by atoms with E-state index in [2.05, 4.69) is 5.32 Å². The van der Waals surface area contributed by atoms with Gasteiger partial charge >= 0.3 is 5.97 Å². The number of nitrogens with one attached hydrogen (secondary N) is 1. The average Bonchev–Trinajstić information content (AvgIpc) is 2.61. The highest BCUT2D eigenvalue weighted by molar-refractivity contribution is 5.98. The number of hydrogen-bond acceptors (Lipinski definition) is 4. The molecule has 0 fully saturated rings. The van der Waals surface area contributed by atoms with Gasteiger partial charge in [0.1, 0.15) is 0 Å². The number of ether oxygens (including phenoxy) is 1. The van der Waals surface area contributed by atoms with Crippen molar-refractivity contribution in [3.63, 3.8) is 0 Å². The molecule has 5 heteroatoms. The first-order chi connectivity index (χ1) is 11.6. The van der Waals surface area contributed by atoms with E-state index in [0.717, 1.165) is 0 Å². The molecule has 24 heavy (non-hydrogen) atoms. The molecule has 0 aliphatic rings. The normalized spacial score (nSPS) is 11.4. The van der Waals surface area contributed by atoms with Crippen LogP contribution in [0.1, 0.15) is 30.1 Å². The number of Topliss-reactive ketones (excluding diaryl/α,β-unsaturated/α-hetero) is 1. The Balaban J connectivity index is 1.77. The SMILES string of the molecule is CC(OC(=O)CCC(=O)c1ccccc1)C(=O)Nc1ccccc1. The van der Waals surface area contributed by atoms with Gasteiger partial charge in [0.05, 0.1) is 6.42 Å². The first-order valence-corrected chi connectivity index (χ1v) is 7.70. The number of amides is 1. The third-order valence-electron chi connectivity index (χ3n) is 3.37. The van der Waals surface area contributed by atoms with E-state index in [9.17, 15) is 14.4 Å². The lowest BCUT2D eigenvalue weighted by Crippen LogP contribution is -2.30. The zero-order chi connectivity index (χ0) is 17.4. The van der Waals surface area contributed by atoms with Crippen molar-refractivity contribution < 1.29 is 19.1 Å². The maximum absolute atomic E-state index is 12.0. The van der Waals surface area contributed by atoms with Crippen LogP contribution < -0.4 is 5.32 Å². The van der Waals surface area contributed by atoms with E-state index >= 15 is 0 Å². The monoisotopic (exact) mass is 325 g/mol. The zero-order valence-corrected chi connectivity index (χ0v) is 13.4. The lowest BCUT2D eigenvalue weighted by Gasteiger charge is -2.13. The highest BCUT2D eigenvalue weighted by Gasteiger charge is 2.18. The number of benzene rings is 2. The number of esters is 1. The number of carbonyl (C=O) groups is 3. The third kappa shape index (κ3) is 5.35. The summed E-state index contributed by atoms with van der Waals surface area (Å²) in [4.78, 5) is 35.7. The van der Waals surface area contributed by atoms with Gasteiger partial charge in [-0.2, -0.15) is 0 Å². The van der Waals surface area contributed by atoms with Crippen LogP contribution in [0.5, 0.6) is 0 Å². The second-order valence-electron chi connectivity index (χ2n) is 5.28. The van der Waals surface area contributed by atoms with Crippen LogP contribution in [0.4, 0.5) is 5.69 Å². The second-order valence-corrected chi connectivity index (χ2v) is 5.28. The van der Waals surface area contributed by atoms with Gasteiger partial charge in [-0.1, -0.05) is 48.5 Å². The van der Waals surface area contributed by atoms with E-state index < -0.39 is 18.0 Å². The zero-order valence-electron chi connectivity index (χ0n) is 13.4. The van der Waals surface area contributed by atoms with E-state index in [1.807, 2.05) is 12.1 Å². The van der Waals surface area contributed by atoms with Gasteiger partial charge in [-0.3, -0.25) is 14.4 Å². The van der Waals surface area contributed by atoms with E-state index in [-0.39, 0.29) is 18.6 Å². The summed E-state index contributed by atoms with van der Waals surface area (Å²) in [5.74, 6) is -1.12. The van der Waals surface area contributed by atoms with Crippen molar-refractivity contribution in [2.24, 2.45) is 0 Å². The number of para-hydroxylation sites is 1. The van der Waals surface area contributed by atoms with Gasteiger partial charge < -0.3 is 10.1 Å². The second kappa shape index (κ2) is 8.62. The highest BCUT2D eigenvalue weighted by Crippen LogP contribution is 2.09. The fourth-order valence-corrected chi connectivity index (χ4v) is 2.06. The van der Waals surface area contributed by atoms with Crippen LogP contribution in [0.3, 0.4) is 0 Å². The Bertz CT molecular complexity index is 698. The van der Waals surface area contributed by atoms with Crippen LogP contribution in [0.2, 0.25) is 0 Å². The molecule has 124 valence electrons. The maximum atomic E-state index is 12.0. The van der Waals surface area contributed by atoms with Crippen molar-refractivity contribution in [1.82, 2.24) is 0 Å². The van der Waals surface area contributed by atoms with Crippen LogP contribution in [-0.4, -0.2) is 23.8 Å². The Morgan fingerprint density at radius 1 is 0.917 bits per heavy atom. The Morgan fingerprint density at radius 2 is 1.50 bits per heavy atom. The van der Waals surface area contributed by atoms with E-state index in [1.165, 1.54) is 6.92 Å². The number of hydrogen-bond donors (Lipinski definition) is 1. The molecule has 0 saturated carbocycles. The summed E-state index contributed by atoms with van der Waals surface area (Å²) in [6, 6.07) is 17.6. The van der Waals surface area contributed by atoms with Crippen molar-refractivity contribution in [2.75, 3.05) is 5.32 Å². The minimum atomic E-state index is -0.926. The molecule has 1 amide bonds. The molecular formula is C19H19NO4. The fraction of sp³-hybridized carbons (Fsp3) is 0.211. The molecule has 2 aromatic carbocycles.